The summed E-state index contributed by atoms with van der Waals surface area (Å²) in [6, 6.07) is 0. The molecule has 0 spiro atoms. The standard InChI is InChI=1S/C15H27N3O2/c1-16-14(19)12-17-7-9-18(10-8-17)15(20)11-13-5-3-2-4-6-13/h13H,2-12H2,1H3,(H,16,19). The summed E-state index contributed by atoms with van der Waals surface area (Å²) in [4.78, 5) is 27.7. The summed E-state index contributed by atoms with van der Waals surface area (Å²) in [5.74, 6) is 0.976. The molecule has 2 rings (SSSR count). The molecule has 1 aliphatic heterocycles. The van der Waals surface area contributed by atoms with E-state index in [2.05, 4.69) is 10.2 Å². The number of amides is 2. The van der Waals surface area contributed by atoms with Crippen molar-refractivity contribution in [3.63, 3.8) is 0 Å². The monoisotopic (exact) mass is 281 g/mol. The van der Waals surface area contributed by atoms with Gasteiger partial charge in [-0.15, -0.1) is 0 Å². The van der Waals surface area contributed by atoms with Crippen molar-refractivity contribution in [1.29, 1.82) is 0 Å². The van der Waals surface area contributed by atoms with Crippen LogP contribution in [0.15, 0.2) is 0 Å². The Bertz CT molecular complexity index is 332. The molecule has 1 N–H and O–H groups in total. The number of nitrogens with zero attached hydrogens (tertiary/aromatic N) is 2. The molecule has 0 atom stereocenters. The van der Waals surface area contributed by atoms with Crippen LogP contribution < -0.4 is 5.32 Å². The second-order valence-electron chi connectivity index (χ2n) is 6.04. The number of carbonyl (C=O) groups is 2. The topological polar surface area (TPSA) is 52.7 Å². The van der Waals surface area contributed by atoms with Gasteiger partial charge in [0.05, 0.1) is 6.54 Å². The third-order valence-electron chi connectivity index (χ3n) is 4.56. The lowest BCUT2D eigenvalue weighted by Gasteiger charge is -2.35. The zero-order valence-electron chi connectivity index (χ0n) is 12.6. The lowest BCUT2D eigenvalue weighted by molar-refractivity contribution is -0.134. The van der Waals surface area contributed by atoms with E-state index < -0.39 is 0 Å². The van der Waals surface area contributed by atoms with E-state index in [9.17, 15) is 9.59 Å². The van der Waals surface area contributed by atoms with Crippen molar-refractivity contribution in [2.75, 3.05) is 39.8 Å². The predicted octanol–water partition coefficient (Wildman–Crippen LogP) is 0.847. The number of nitrogens with one attached hydrogen (secondary N) is 1. The number of hydrogen-bond acceptors (Lipinski definition) is 3. The van der Waals surface area contributed by atoms with Gasteiger partial charge in [-0.3, -0.25) is 14.5 Å². The van der Waals surface area contributed by atoms with Crippen LogP contribution in [0, 0.1) is 5.92 Å². The highest BCUT2D eigenvalue weighted by Crippen LogP contribution is 2.26. The summed E-state index contributed by atoms with van der Waals surface area (Å²) in [6.45, 7) is 3.60. The fraction of sp³-hybridized carbons (Fsp3) is 0.867. The minimum Gasteiger partial charge on any atom is -0.358 e. The molecule has 2 fully saturated rings. The molecule has 1 heterocycles. The minimum atomic E-state index is 0.0481. The predicted molar refractivity (Wildman–Crippen MR) is 78.3 cm³/mol. The van der Waals surface area contributed by atoms with E-state index >= 15 is 0 Å². The van der Waals surface area contributed by atoms with Crippen LogP contribution in [0.1, 0.15) is 38.5 Å². The van der Waals surface area contributed by atoms with Crippen molar-refractivity contribution in [3.05, 3.63) is 0 Å². The molecule has 0 aromatic carbocycles. The number of rotatable bonds is 4. The summed E-state index contributed by atoms with van der Waals surface area (Å²) < 4.78 is 0. The van der Waals surface area contributed by atoms with Gasteiger partial charge in [-0.2, -0.15) is 0 Å². The third kappa shape index (κ3) is 4.47. The van der Waals surface area contributed by atoms with Gasteiger partial charge < -0.3 is 10.2 Å². The molecule has 0 radical (unpaired) electrons. The average Bonchev–Trinajstić information content (AvgIpc) is 2.49. The van der Waals surface area contributed by atoms with Crippen molar-refractivity contribution in [1.82, 2.24) is 15.1 Å². The highest BCUT2D eigenvalue weighted by atomic mass is 16.2. The molecule has 5 nitrogen and oxygen atoms in total. The fourth-order valence-corrected chi connectivity index (χ4v) is 3.20. The zero-order chi connectivity index (χ0) is 14.4. The summed E-state index contributed by atoms with van der Waals surface area (Å²) >= 11 is 0. The van der Waals surface area contributed by atoms with Crippen LogP contribution in [-0.2, 0) is 9.59 Å². The molecule has 20 heavy (non-hydrogen) atoms. The van der Waals surface area contributed by atoms with E-state index in [1.807, 2.05) is 4.90 Å². The average molecular weight is 281 g/mol. The van der Waals surface area contributed by atoms with Gasteiger partial charge in [0.25, 0.3) is 0 Å². The maximum absolute atomic E-state index is 12.3. The molecular weight excluding hydrogens is 254 g/mol. The van der Waals surface area contributed by atoms with E-state index in [1.54, 1.807) is 7.05 Å². The van der Waals surface area contributed by atoms with Crippen LogP contribution in [0.5, 0.6) is 0 Å². The summed E-state index contributed by atoms with van der Waals surface area (Å²) in [7, 11) is 1.66. The zero-order valence-corrected chi connectivity index (χ0v) is 12.6. The largest absolute Gasteiger partial charge is 0.358 e. The fourth-order valence-electron chi connectivity index (χ4n) is 3.20. The first-order chi connectivity index (χ1) is 9.69. The summed E-state index contributed by atoms with van der Waals surface area (Å²) in [5.41, 5.74) is 0. The van der Waals surface area contributed by atoms with Crippen LogP contribution in [0.25, 0.3) is 0 Å². The molecule has 1 saturated carbocycles. The Labute approximate surface area is 121 Å². The number of hydrogen-bond donors (Lipinski definition) is 1. The lowest BCUT2D eigenvalue weighted by atomic mass is 9.86. The Morgan fingerprint density at radius 2 is 1.70 bits per heavy atom. The lowest BCUT2D eigenvalue weighted by Crippen LogP contribution is -2.51. The highest BCUT2D eigenvalue weighted by molar-refractivity contribution is 5.78. The first-order valence-electron chi connectivity index (χ1n) is 7.89. The van der Waals surface area contributed by atoms with Gasteiger partial charge in [0, 0.05) is 39.6 Å². The molecule has 1 saturated heterocycles. The van der Waals surface area contributed by atoms with Crippen LogP contribution in [0.2, 0.25) is 0 Å². The van der Waals surface area contributed by atoms with Crippen molar-refractivity contribution < 1.29 is 9.59 Å². The SMILES string of the molecule is CNC(=O)CN1CCN(C(=O)CC2CCCCC2)CC1. The summed E-state index contributed by atoms with van der Waals surface area (Å²) in [5, 5.41) is 2.64. The maximum atomic E-state index is 12.3. The molecule has 0 aromatic heterocycles. The van der Waals surface area contributed by atoms with Crippen molar-refractivity contribution in [3.8, 4) is 0 Å². The van der Waals surface area contributed by atoms with E-state index in [0.29, 0.717) is 18.4 Å². The Balaban J connectivity index is 1.69. The van der Waals surface area contributed by atoms with E-state index in [4.69, 9.17) is 0 Å². The Morgan fingerprint density at radius 3 is 2.30 bits per heavy atom. The normalized spacial score (nSPS) is 21.8. The second kappa shape index (κ2) is 7.62. The molecular formula is C15H27N3O2. The highest BCUT2D eigenvalue weighted by Gasteiger charge is 2.24. The smallest absolute Gasteiger partial charge is 0.233 e. The van der Waals surface area contributed by atoms with Gasteiger partial charge in [-0.1, -0.05) is 19.3 Å². The molecule has 0 bridgehead atoms. The Kier molecular flexibility index (Phi) is 5.83. The molecule has 2 aliphatic rings. The van der Waals surface area contributed by atoms with Gasteiger partial charge in [-0.25, -0.2) is 0 Å². The third-order valence-corrected chi connectivity index (χ3v) is 4.56. The van der Waals surface area contributed by atoms with Gasteiger partial charge in [0.1, 0.15) is 0 Å². The second-order valence-corrected chi connectivity index (χ2v) is 6.04. The number of likely N-dealkylation sites (N-methyl/N-ethyl adjacent to an activating group) is 1. The van der Waals surface area contributed by atoms with Crippen molar-refractivity contribution >= 4 is 11.8 Å². The number of piperazine rings is 1. The van der Waals surface area contributed by atoms with Crippen LogP contribution >= 0.6 is 0 Å². The molecule has 0 unspecified atom stereocenters. The Hall–Kier alpha value is -1.10. The van der Waals surface area contributed by atoms with Gasteiger partial charge in [0.2, 0.25) is 11.8 Å². The van der Waals surface area contributed by atoms with Gasteiger partial charge in [-0.05, 0) is 18.8 Å². The molecule has 0 aromatic rings. The quantitative estimate of drug-likeness (QED) is 0.831. The minimum absolute atomic E-state index is 0.0481. The maximum Gasteiger partial charge on any atom is 0.233 e. The molecule has 2 amide bonds. The van der Waals surface area contributed by atoms with Crippen LogP contribution in [0.4, 0.5) is 0 Å². The van der Waals surface area contributed by atoms with Crippen LogP contribution in [0.3, 0.4) is 0 Å². The molecule has 5 heteroatoms. The van der Waals surface area contributed by atoms with Crippen molar-refractivity contribution in [2.45, 2.75) is 38.5 Å². The van der Waals surface area contributed by atoms with Crippen LogP contribution in [-0.4, -0.2) is 61.4 Å². The van der Waals surface area contributed by atoms with E-state index in [1.165, 1.54) is 32.1 Å². The molecule has 1 aliphatic carbocycles. The van der Waals surface area contributed by atoms with Gasteiger partial charge in [0.15, 0.2) is 0 Å². The Morgan fingerprint density at radius 1 is 1.05 bits per heavy atom. The van der Waals surface area contributed by atoms with E-state index in [0.717, 1.165) is 32.6 Å². The first kappa shape index (κ1) is 15.3. The number of carbonyl (C=O) groups excluding carboxylic acids is 2. The van der Waals surface area contributed by atoms with Gasteiger partial charge >= 0.3 is 0 Å². The van der Waals surface area contributed by atoms with Crippen molar-refractivity contribution in [2.24, 2.45) is 5.92 Å². The molecule has 114 valence electrons. The van der Waals surface area contributed by atoms with E-state index in [-0.39, 0.29) is 5.91 Å². The first-order valence-corrected chi connectivity index (χ1v) is 7.89. The summed E-state index contributed by atoms with van der Waals surface area (Å²) in [6.07, 6.45) is 7.10.